The third-order valence-corrected chi connectivity index (χ3v) is 7.52. The molecule has 2 aromatic heterocycles. The molecule has 0 unspecified atom stereocenters. The van der Waals surface area contributed by atoms with Gasteiger partial charge in [0.1, 0.15) is 11.9 Å². The quantitative estimate of drug-likeness (QED) is 0.569. The number of rotatable bonds is 6. The molecule has 2 aliphatic rings. The van der Waals surface area contributed by atoms with Gasteiger partial charge in [-0.3, -0.25) is 14.3 Å². The number of aromatic amines is 1. The van der Waals surface area contributed by atoms with Crippen LogP contribution in [0.15, 0.2) is 29.1 Å². The van der Waals surface area contributed by atoms with Crippen LogP contribution in [-0.4, -0.2) is 57.3 Å². The predicted octanol–water partition coefficient (Wildman–Crippen LogP) is 3.07. The maximum atomic E-state index is 13.0. The Morgan fingerprint density at radius 2 is 2.00 bits per heavy atom. The first-order valence-electron chi connectivity index (χ1n) is 12.4. The number of nitrogens with one attached hydrogen (secondary N) is 2. The summed E-state index contributed by atoms with van der Waals surface area (Å²) in [6, 6.07) is 10.1. The van der Waals surface area contributed by atoms with Crippen molar-refractivity contribution in [3.05, 3.63) is 51.6 Å². The average molecular weight is 477 g/mol. The maximum absolute atomic E-state index is 13.0. The van der Waals surface area contributed by atoms with Crippen molar-refractivity contribution in [2.75, 3.05) is 31.6 Å². The standard InChI is InChI=1S/C26H32N6O3/c1-17-18(2)31(15-20-6-5-13-35-20)25(21(17)14-27)29-24(33)16-30-11-9-19(10-12-30)32-23-8-4-3-7-22(23)28-26(32)34/h3-4,7-8,19-20H,5-6,9-13,15-16H2,1-2H3,(H,28,34)(H,29,33)/t20-/m0/s1. The van der Waals surface area contributed by atoms with E-state index in [4.69, 9.17) is 4.74 Å². The number of ether oxygens (including phenoxy) is 1. The van der Waals surface area contributed by atoms with Gasteiger partial charge >= 0.3 is 5.69 Å². The van der Waals surface area contributed by atoms with E-state index in [-0.39, 0.29) is 30.3 Å². The van der Waals surface area contributed by atoms with E-state index in [1.54, 1.807) is 0 Å². The molecule has 1 aromatic carbocycles. The molecule has 9 nitrogen and oxygen atoms in total. The molecule has 4 heterocycles. The zero-order valence-electron chi connectivity index (χ0n) is 20.3. The number of hydrogen-bond acceptors (Lipinski definition) is 5. The third-order valence-electron chi connectivity index (χ3n) is 7.52. The Hall–Kier alpha value is -3.35. The molecule has 0 spiro atoms. The molecule has 2 saturated heterocycles. The van der Waals surface area contributed by atoms with Crippen LogP contribution in [0.5, 0.6) is 0 Å². The van der Waals surface area contributed by atoms with E-state index >= 15 is 0 Å². The number of H-pyrrole nitrogens is 1. The van der Waals surface area contributed by atoms with E-state index in [1.807, 2.05) is 47.2 Å². The summed E-state index contributed by atoms with van der Waals surface area (Å²) in [5, 5.41) is 12.8. The lowest BCUT2D eigenvalue weighted by Gasteiger charge is -2.32. The predicted molar refractivity (Wildman–Crippen MR) is 133 cm³/mol. The minimum atomic E-state index is -0.129. The summed E-state index contributed by atoms with van der Waals surface area (Å²) in [6.45, 7) is 7.01. The summed E-state index contributed by atoms with van der Waals surface area (Å²) in [5.74, 6) is 0.443. The summed E-state index contributed by atoms with van der Waals surface area (Å²) in [4.78, 5) is 30.6. The van der Waals surface area contributed by atoms with Gasteiger partial charge in [-0.2, -0.15) is 5.26 Å². The minimum absolute atomic E-state index is 0.0795. The molecule has 1 amide bonds. The second-order valence-electron chi connectivity index (χ2n) is 9.66. The summed E-state index contributed by atoms with van der Waals surface area (Å²) in [7, 11) is 0. The van der Waals surface area contributed by atoms with Crippen LogP contribution in [-0.2, 0) is 16.1 Å². The van der Waals surface area contributed by atoms with Crippen molar-refractivity contribution < 1.29 is 9.53 Å². The van der Waals surface area contributed by atoms with Gasteiger partial charge in [0.25, 0.3) is 0 Å². The number of carbonyl (C=O) groups excluding carboxylic acids is 1. The summed E-state index contributed by atoms with van der Waals surface area (Å²) < 4.78 is 9.68. The molecule has 2 N–H and O–H groups in total. The number of carbonyl (C=O) groups is 1. The number of aromatic nitrogens is 3. The van der Waals surface area contributed by atoms with Gasteiger partial charge in [0.2, 0.25) is 5.91 Å². The second kappa shape index (κ2) is 9.72. The maximum Gasteiger partial charge on any atom is 0.326 e. The van der Waals surface area contributed by atoms with Gasteiger partial charge in [-0.15, -0.1) is 0 Å². The van der Waals surface area contributed by atoms with Crippen molar-refractivity contribution in [3.8, 4) is 6.07 Å². The van der Waals surface area contributed by atoms with Crippen LogP contribution in [0.4, 0.5) is 5.82 Å². The van der Waals surface area contributed by atoms with Crippen LogP contribution in [0, 0.1) is 25.2 Å². The third kappa shape index (κ3) is 4.51. The molecule has 0 aliphatic carbocycles. The Labute approximate surface area is 204 Å². The topological polar surface area (TPSA) is 108 Å². The van der Waals surface area contributed by atoms with E-state index in [0.29, 0.717) is 17.9 Å². The van der Waals surface area contributed by atoms with Crippen molar-refractivity contribution in [2.45, 2.75) is 58.2 Å². The lowest BCUT2D eigenvalue weighted by molar-refractivity contribution is -0.117. The highest BCUT2D eigenvalue weighted by atomic mass is 16.5. The molecule has 1 atom stereocenters. The molecule has 5 rings (SSSR count). The van der Waals surface area contributed by atoms with Crippen molar-refractivity contribution in [3.63, 3.8) is 0 Å². The fourth-order valence-corrected chi connectivity index (χ4v) is 5.50. The number of amides is 1. The SMILES string of the molecule is Cc1c(C#N)c(NC(=O)CN2CCC(n3c(=O)[nH]c4ccccc43)CC2)n(C[C@@H]2CCCO2)c1C. The first-order chi connectivity index (χ1) is 17.0. The minimum Gasteiger partial charge on any atom is -0.376 e. The highest BCUT2D eigenvalue weighted by molar-refractivity contribution is 5.93. The average Bonchev–Trinajstić information content (AvgIpc) is 3.54. The smallest absolute Gasteiger partial charge is 0.326 e. The lowest BCUT2D eigenvalue weighted by Crippen LogP contribution is -2.41. The first kappa shape index (κ1) is 23.4. The van der Waals surface area contributed by atoms with Crippen molar-refractivity contribution in [2.24, 2.45) is 0 Å². The van der Waals surface area contributed by atoms with Crippen LogP contribution < -0.4 is 11.0 Å². The molecule has 184 valence electrons. The van der Waals surface area contributed by atoms with Gasteiger partial charge in [0.05, 0.1) is 35.8 Å². The highest BCUT2D eigenvalue weighted by Gasteiger charge is 2.27. The largest absolute Gasteiger partial charge is 0.376 e. The van der Waals surface area contributed by atoms with Crippen molar-refractivity contribution in [1.29, 1.82) is 5.26 Å². The van der Waals surface area contributed by atoms with Gasteiger partial charge < -0.3 is 19.6 Å². The van der Waals surface area contributed by atoms with Crippen LogP contribution in [0.3, 0.4) is 0 Å². The monoisotopic (exact) mass is 476 g/mol. The number of fused-ring (bicyclic) bond motifs is 1. The fourth-order valence-electron chi connectivity index (χ4n) is 5.50. The van der Waals surface area contributed by atoms with E-state index in [2.05, 4.69) is 21.3 Å². The van der Waals surface area contributed by atoms with Gasteiger partial charge in [-0.25, -0.2) is 4.79 Å². The molecule has 3 aromatic rings. The first-order valence-corrected chi connectivity index (χ1v) is 12.4. The molecule has 2 aliphatic heterocycles. The number of anilines is 1. The summed E-state index contributed by atoms with van der Waals surface area (Å²) >= 11 is 0. The number of nitriles is 1. The Balaban J connectivity index is 1.24. The molecular formula is C26H32N6O3. The zero-order valence-corrected chi connectivity index (χ0v) is 20.3. The van der Waals surface area contributed by atoms with E-state index < -0.39 is 0 Å². The van der Waals surface area contributed by atoms with Gasteiger partial charge in [-0.05, 0) is 57.2 Å². The number of nitrogens with zero attached hydrogens (tertiary/aromatic N) is 4. The van der Waals surface area contributed by atoms with Crippen LogP contribution >= 0.6 is 0 Å². The molecule has 2 fully saturated rings. The van der Waals surface area contributed by atoms with E-state index in [1.165, 1.54) is 0 Å². The Bertz CT molecular complexity index is 1330. The van der Waals surface area contributed by atoms with Crippen LogP contribution in [0.1, 0.15) is 48.5 Å². The Morgan fingerprint density at radius 1 is 1.23 bits per heavy atom. The van der Waals surface area contributed by atoms with Gasteiger partial charge in [0, 0.05) is 31.4 Å². The summed E-state index contributed by atoms with van der Waals surface area (Å²) in [5.41, 5.74) is 4.10. The molecule has 0 bridgehead atoms. The lowest BCUT2D eigenvalue weighted by atomic mass is 10.0. The van der Waals surface area contributed by atoms with Crippen molar-refractivity contribution in [1.82, 2.24) is 19.0 Å². The van der Waals surface area contributed by atoms with Gasteiger partial charge in [0.15, 0.2) is 0 Å². The normalized spacial score (nSPS) is 19.3. The van der Waals surface area contributed by atoms with Gasteiger partial charge in [-0.1, -0.05) is 12.1 Å². The molecule has 0 radical (unpaired) electrons. The zero-order chi connectivity index (χ0) is 24.5. The highest BCUT2D eigenvalue weighted by Crippen LogP contribution is 2.29. The van der Waals surface area contributed by atoms with Crippen LogP contribution in [0.25, 0.3) is 11.0 Å². The molecule has 0 saturated carbocycles. The number of imidazole rings is 1. The van der Waals surface area contributed by atoms with Crippen LogP contribution in [0.2, 0.25) is 0 Å². The number of likely N-dealkylation sites (tertiary alicyclic amines) is 1. The Morgan fingerprint density at radius 3 is 2.71 bits per heavy atom. The number of benzene rings is 1. The number of piperidine rings is 1. The molecule has 9 heteroatoms. The Kier molecular flexibility index (Phi) is 6.50. The molecule has 35 heavy (non-hydrogen) atoms. The number of para-hydroxylation sites is 2. The van der Waals surface area contributed by atoms with Crippen molar-refractivity contribution >= 4 is 22.8 Å². The van der Waals surface area contributed by atoms with E-state index in [0.717, 1.165) is 67.7 Å². The number of hydrogen-bond donors (Lipinski definition) is 2. The molecular weight excluding hydrogens is 444 g/mol. The second-order valence-corrected chi connectivity index (χ2v) is 9.66. The summed E-state index contributed by atoms with van der Waals surface area (Å²) in [6.07, 6.45) is 3.73. The van der Waals surface area contributed by atoms with E-state index in [9.17, 15) is 14.9 Å². The fraction of sp³-hybridized carbons (Fsp3) is 0.500.